The maximum absolute atomic E-state index is 13.9. The van der Waals surface area contributed by atoms with Crippen molar-refractivity contribution < 1.29 is 23.5 Å². The molecule has 3 aromatic rings. The van der Waals surface area contributed by atoms with E-state index in [1.54, 1.807) is 60.7 Å². The molecule has 0 spiro atoms. The number of hydrogen-bond donors (Lipinski definition) is 1. The molecule has 0 aliphatic carbocycles. The van der Waals surface area contributed by atoms with Crippen LogP contribution in [-0.2, 0) is 11.4 Å². The number of thiocarbonyl (C=S) groups is 1. The van der Waals surface area contributed by atoms with Gasteiger partial charge in [-0.3, -0.25) is 15.0 Å². The highest BCUT2D eigenvalue weighted by atomic mass is 127. The molecule has 2 amide bonds. The van der Waals surface area contributed by atoms with Crippen molar-refractivity contribution >= 4 is 68.8 Å². The van der Waals surface area contributed by atoms with Crippen molar-refractivity contribution in [2.75, 3.05) is 7.11 Å². The minimum Gasteiger partial charge on any atom is -0.493 e. The zero-order valence-electron chi connectivity index (χ0n) is 18.3. The molecule has 6 nitrogen and oxygen atoms in total. The van der Waals surface area contributed by atoms with Crippen LogP contribution in [0.5, 0.6) is 11.5 Å². The van der Waals surface area contributed by atoms with Crippen LogP contribution in [0.1, 0.15) is 21.5 Å². The highest BCUT2D eigenvalue weighted by molar-refractivity contribution is 14.1. The van der Waals surface area contributed by atoms with Crippen LogP contribution in [0.2, 0.25) is 0 Å². The van der Waals surface area contributed by atoms with Crippen LogP contribution in [0.25, 0.3) is 6.08 Å². The molecule has 3 aromatic carbocycles. The molecule has 1 fully saturated rings. The van der Waals surface area contributed by atoms with E-state index in [1.807, 2.05) is 6.07 Å². The van der Waals surface area contributed by atoms with E-state index in [0.29, 0.717) is 33.1 Å². The van der Waals surface area contributed by atoms with E-state index in [1.165, 1.54) is 13.2 Å². The summed E-state index contributed by atoms with van der Waals surface area (Å²) >= 11 is 8.48. The second-order valence-corrected chi connectivity index (χ2v) is 10.1. The van der Waals surface area contributed by atoms with Crippen LogP contribution < -0.4 is 14.9 Å². The number of amides is 2. The number of hydrazine groups is 1. The van der Waals surface area contributed by atoms with Crippen LogP contribution >= 0.6 is 46.6 Å². The third-order valence-corrected chi connectivity index (χ3v) is 7.03. The summed E-state index contributed by atoms with van der Waals surface area (Å²) in [7, 11) is 1.50. The SMILES string of the molecule is COc1cc(/C=C2/SC(=S)N(NC(=O)c3ccccc3)C2=O)cc(I)c1OCc1ccccc1F. The third kappa shape index (κ3) is 5.82. The maximum atomic E-state index is 13.9. The molecule has 35 heavy (non-hydrogen) atoms. The molecule has 1 N–H and O–H groups in total. The molecule has 0 aromatic heterocycles. The summed E-state index contributed by atoms with van der Waals surface area (Å²) in [5, 5.41) is 1.06. The Hall–Kier alpha value is -2.96. The molecule has 10 heteroatoms. The topological polar surface area (TPSA) is 67.9 Å². The van der Waals surface area contributed by atoms with Gasteiger partial charge in [0.25, 0.3) is 11.8 Å². The zero-order valence-corrected chi connectivity index (χ0v) is 22.1. The molecule has 1 heterocycles. The molecular formula is C25H18FIN2O4S2. The first kappa shape index (κ1) is 25.1. The van der Waals surface area contributed by atoms with Gasteiger partial charge in [-0.2, -0.15) is 5.01 Å². The number of thioether (sulfide) groups is 1. The lowest BCUT2D eigenvalue weighted by Gasteiger charge is -2.15. The molecule has 0 radical (unpaired) electrons. The van der Waals surface area contributed by atoms with Gasteiger partial charge in [0.15, 0.2) is 15.8 Å². The monoisotopic (exact) mass is 620 g/mol. The Morgan fingerprint density at radius 3 is 2.60 bits per heavy atom. The van der Waals surface area contributed by atoms with E-state index in [-0.39, 0.29) is 16.7 Å². The van der Waals surface area contributed by atoms with E-state index >= 15 is 0 Å². The minimum atomic E-state index is -0.435. The average molecular weight is 620 g/mol. The van der Waals surface area contributed by atoms with Crippen LogP contribution in [0, 0.1) is 9.39 Å². The Morgan fingerprint density at radius 2 is 1.89 bits per heavy atom. The quantitative estimate of drug-likeness (QED) is 0.212. The average Bonchev–Trinajstić information content (AvgIpc) is 3.11. The number of methoxy groups -OCH3 is 1. The van der Waals surface area contributed by atoms with Gasteiger partial charge in [-0.15, -0.1) is 0 Å². The number of hydrogen-bond acceptors (Lipinski definition) is 6. The highest BCUT2D eigenvalue weighted by Crippen LogP contribution is 2.37. The Morgan fingerprint density at radius 1 is 1.17 bits per heavy atom. The lowest BCUT2D eigenvalue weighted by molar-refractivity contribution is -0.123. The predicted octanol–water partition coefficient (Wildman–Crippen LogP) is 5.56. The molecule has 1 aliphatic rings. The number of ether oxygens (including phenoxy) is 2. The van der Waals surface area contributed by atoms with Crippen molar-refractivity contribution in [1.29, 1.82) is 0 Å². The predicted molar refractivity (Wildman–Crippen MR) is 145 cm³/mol. The normalized spacial score (nSPS) is 14.4. The fraction of sp³-hybridized carbons (Fsp3) is 0.0800. The molecule has 178 valence electrons. The number of carbonyl (C=O) groups is 2. The first-order valence-corrected chi connectivity index (χ1v) is 12.6. The van der Waals surface area contributed by atoms with Gasteiger partial charge < -0.3 is 9.47 Å². The van der Waals surface area contributed by atoms with Gasteiger partial charge in [0.2, 0.25) is 0 Å². The first-order valence-electron chi connectivity index (χ1n) is 10.2. The van der Waals surface area contributed by atoms with Crippen molar-refractivity contribution in [2.24, 2.45) is 0 Å². The minimum absolute atomic E-state index is 0.0398. The second kappa shape index (κ2) is 11.2. The van der Waals surface area contributed by atoms with Crippen molar-refractivity contribution in [3.63, 3.8) is 0 Å². The van der Waals surface area contributed by atoms with Crippen LogP contribution in [0.15, 0.2) is 71.6 Å². The summed E-state index contributed by atoms with van der Waals surface area (Å²) in [5.74, 6) is -0.308. The fourth-order valence-corrected chi connectivity index (χ4v) is 5.16. The van der Waals surface area contributed by atoms with E-state index in [2.05, 4.69) is 28.0 Å². The van der Waals surface area contributed by atoms with Crippen molar-refractivity contribution in [3.05, 3.63) is 97.7 Å². The number of rotatable bonds is 7. The van der Waals surface area contributed by atoms with Crippen molar-refractivity contribution in [2.45, 2.75) is 6.61 Å². The third-order valence-electron chi connectivity index (χ3n) is 4.92. The molecule has 4 rings (SSSR count). The van der Waals surface area contributed by atoms with Crippen molar-refractivity contribution in [1.82, 2.24) is 10.4 Å². The van der Waals surface area contributed by atoms with Crippen LogP contribution in [-0.4, -0.2) is 28.3 Å². The van der Waals surface area contributed by atoms with Gasteiger partial charge in [0.05, 0.1) is 15.6 Å². The van der Waals surface area contributed by atoms with Gasteiger partial charge >= 0.3 is 0 Å². The lowest BCUT2D eigenvalue weighted by atomic mass is 10.1. The smallest absolute Gasteiger partial charge is 0.285 e. The summed E-state index contributed by atoms with van der Waals surface area (Å²) in [6.45, 7) is 0.0398. The number of nitrogens with one attached hydrogen (secondary N) is 1. The first-order chi connectivity index (χ1) is 16.9. The number of carbonyl (C=O) groups excluding carboxylic acids is 2. The van der Waals surface area contributed by atoms with Gasteiger partial charge in [-0.05, 0) is 76.8 Å². The van der Waals surface area contributed by atoms with Gasteiger partial charge in [0.1, 0.15) is 12.4 Å². The van der Waals surface area contributed by atoms with E-state index < -0.39 is 11.8 Å². The van der Waals surface area contributed by atoms with E-state index in [4.69, 9.17) is 21.7 Å². The molecular weight excluding hydrogens is 602 g/mol. The molecule has 1 aliphatic heterocycles. The Kier molecular flexibility index (Phi) is 8.04. The summed E-state index contributed by atoms with van der Waals surface area (Å²) in [5.41, 5.74) is 4.07. The number of benzene rings is 3. The molecule has 0 saturated carbocycles. The summed E-state index contributed by atoms with van der Waals surface area (Å²) < 4.78 is 26.2. The lowest BCUT2D eigenvalue weighted by Crippen LogP contribution is -2.44. The standard InChI is InChI=1S/C25H18FIN2O4S2/c1-32-20-12-15(11-19(27)22(20)33-14-17-9-5-6-10-18(17)26)13-21-24(31)29(25(34)35-21)28-23(30)16-7-3-2-4-8-16/h2-13H,14H2,1H3,(H,28,30)/b21-13+. The molecule has 0 unspecified atom stereocenters. The van der Waals surface area contributed by atoms with Gasteiger partial charge in [-0.1, -0.05) is 48.2 Å². The van der Waals surface area contributed by atoms with E-state index in [0.717, 1.165) is 20.3 Å². The van der Waals surface area contributed by atoms with Crippen molar-refractivity contribution in [3.8, 4) is 11.5 Å². The van der Waals surface area contributed by atoms with Crippen LogP contribution in [0.3, 0.4) is 0 Å². The summed E-state index contributed by atoms with van der Waals surface area (Å²) in [6, 6.07) is 18.5. The van der Waals surface area contributed by atoms with Gasteiger partial charge in [-0.25, -0.2) is 4.39 Å². The highest BCUT2D eigenvalue weighted by Gasteiger charge is 2.34. The Bertz CT molecular complexity index is 1330. The number of halogens is 2. The maximum Gasteiger partial charge on any atom is 0.285 e. The van der Waals surface area contributed by atoms with E-state index in [9.17, 15) is 14.0 Å². The zero-order chi connectivity index (χ0) is 24.9. The largest absolute Gasteiger partial charge is 0.493 e. The van der Waals surface area contributed by atoms with Crippen LogP contribution in [0.4, 0.5) is 4.39 Å². The van der Waals surface area contributed by atoms with Gasteiger partial charge in [0, 0.05) is 11.1 Å². The fourth-order valence-electron chi connectivity index (χ4n) is 3.20. The number of nitrogens with zero attached hydrogens (tertiary/aromatic N) is 1. The summed E-state index contributed by atoms with van der Waals surface area (Å²) in [6.07, 6.45) is 1.67. The molecule has 0 bridgehead atoms. The molecule has 1 saturated heterocycles. The molecule has 0 atom stereocenters. The Labute approximate surface area is 224 Å². The second-order valence-electron chi connectivity index (χ2n) is 7.24. The summed E-state index contributed by atoms with van der Waals surface area (Å²) in [4.78, 5) is 25.7. The Balaban J connectivity index is 1.52.